The first kappa shape index (κ1) is 40.8. The van der Waals surface area contributed by atoms with E-state index in [1.165, 1.54) is 36.4 Å². The van der Waals surface area contributed by atoms with Gasteiger partial charge in [-0.3, -0.25) is 14.6 Å². The Morgan fingerprint density at radius 2 is 1.90 bits per heavy atom. The number of benzene rings is 3. The number of fused-ring (bicyclic) bond motifs is 4. The Morgan fingerprint density at radius 3 is 2.67 bits per heavy atom. The first-order chi connectivity index (χ1) is 29.3. The monoisotopic (exact) mass is 837 g/mol. The maximum atomic E-state index is 13.6. The number of aromatic hydroxyl groups is 2. The third kappa shape index (κ3) is 7.37. The Morgan fingerprint density at radius 1 is 1.07 bits per heavy atom. The highest BCUT2D eigenvalue weighted by Crippen LogP contribution is 2.51. The molecular formula is C45H47N3O13. The summed E-state index contributed by atoms with van der Waals surface area (Å²) in [5.41, 5.74) is -0.182. The van der Waals surface area contributed by atoms with E-state index in [4.69, 9.17) is 18.9 Å². The zero-order valence-electron chi connectivity index (χ0n) is 33.2. The number of aliphatic hydroxyl groups is 5. The molecule has 16 nitrogen and oxygen atoms in total. The molecule has 3 aromatic carbocycles. The zero-order valence-corrected chi connectivity index (χ0v) is 33.2. The van der Waals surface area contributed by atoms with Crippen LogP contribution in [0.2, 0.25) is 0 Å². The van der Waals surface area contributed by atoms with Crippen molar-refractivity contribution in [3.05, 3.63) is 106 Å². The van der Waals surface area contributed by atoms with E-state index in [0.29, 0.717) is 82.4 Å². The second-order valence-corrected chi connectivity index (χ2v) is 16.8. The second-order valence-electron chi connectivity index (χ2n) is 16.8. The Balaban J connectivity index is 1.10. The molecule has 1 amide bonds. The summed E-state index contributed by atoms with van der Waals surface area (Å²) in [6, 6.07) is 10.3. The third-order valence-electron chi connectivity index (χ3n) is 12.7. The lowest BCUT2D eigenvalue weighted by atomic mass is 9.71. The van der Waals surface area contributed by atoms with Gasteiger partial charge in [0, 0.05) is 67.2 Å². The van der Waals surface area contributed by atoms with Crippen LogP contribution in [0.3, 0.4) is 0 Å². The highest BCUT2D eigenvalue weighted by molar-refractivity contribution is 6.12. The average Bonchev–Trinajstić information content (AvgIpc) is 3.98. The van der Waals surface area contributed by atoms with Crippen molar-refractivity contribution in [2.75, 3.05) is 31.2 Å². The quantitative estimate of drug-likeness (QED) is 0.0581. The van der Waals surface area contributed by atoms with E-state index in [1.54, 1.807) is 19.2 Å². The molecule has 1 fully saturated rings. The van der Waals surface area contributed by atoms with E-state index in [1.807, 2.05) is 23.3 Å². The van der Waals surface area contributed by atoms with Crippen molar-refractivity contribution >= 4 is 39.0 Å². The summed E-state index contributed by atoms with van der Waals surface area (Å²) >= 11 is 0. The molecule has 0 bridgehead atoms. The Bertz CT molecular complexity index is 2600. The fourth-order valence-electron chi connectivity index (χ4n) is 9.43. The summed E-state index contributed by atoms with van der Waals surface area (Å²) in [6.45, 7) is 0.884. The molecule has 320 valence electrons. The van der Waals surface area contributed by atoms with E-state index in [0.717, 1.165) is 11.3 Å². The van der Waals surface area contributed by atoms with Crippen LogP contribution in [0.25, 0.3) is 21.7 Å². The summed E-state index contributed by atoms with van der Waals surface area (Å²) in [7, 11) is 0. The maximum Gasteiger partial charge on any atom is 0.220 e. The van der Waals surface area contributed by atoms with Gasteiger partial charge in [0.1, 0.15) is 65.2 Å². The topological polar surface area (TPSA) is 244 Å². The van der Waals surface area contributed by atoms with E-state index in [-0.39, 0.29) is 41.1 Å². The maximum absolute atomic E-state index is 13.6. The molecule has 1 spiro atoms. The van der Waals surface area contributed by atoms with Crippen molar-refractivity contribution in [2.24, 2.45) is 16.8 Å². The SMILES string of the molecule is Cc1cc(=O)c2cc3c(c(N4C=C5C=CN=C5C4)c2o1)OC1(CC=CC(C2CNC(=O)C2)C1)C(OOCC(O)(Cc1ccc(O)c2ccc(O)cc12)C(O)C(O)C(O)CO)C3. The number of allylic oxidation sites excluding steroid dienone is 2. The molecular weight excluding hydrogens is 791 g/mol. The number of aryl methyl sites for hydroxylation is 1. The van der Waals surface area contributed by atoms with Crippen LogP contribution >= 0.6 is 0 Å². The highest BCUT2D eigenvalue weighted by atomic mass is 17.2. The molecule has 0 radical (unpaired) electrons. The molecule has 5 heterocycles. The van der Waals surface area contributed by atoms with Gasteiger partial charge in [-0.05, 0) is 72.5 Å². The van der Waals surface area contributed by atoms with E-state index in [9.17, 15) is 45.3 Å². The number of ether oxygens (including phenoxy) is 1. The Labute approximate surface area is 348 Å². The van der Waals surface area contributed by atoms with Crippen molar-refractivity contribution in [2.45, 2.75) is 74.6 Å². The van der Waals surface area contributed by atoms with Crippen LogP contribution in [0, 0.1) is 18.8 Å². The molecule has 1 aromatic heterocycles. The van der Waals surface area contributed by atoms with E-state index in [2.05, 4.69) is 16.4 Å². The van der Waals surface area contributed by atoms with Crippen molar-refractivity contribution in [1.29, 1.82) is 0 Å². The first-order valence-electron chi connectivity index (χ1n) is 20.3. The summed E-state index contributed by atoms with van der Waals surface area (Å²) in [6.07, 6.45) is 3.51. The van der Waals surface area contributed by atoms with Crippen LogP contribution in [0.5, 0.6) is 17.2 Å². The molecule has 1 saturated heterocycles. The summed E-state index contributed by atoms with van der Waals surface area (Å²) in [5.74, 6) is 0.477. The number of hydrogen-bond donors (Lipinski definition) is 8. The van der Waals surface area contributed by atoms with Gasteiger partial charge in [0.05, 0.1) is 24.2 Å². The second kappa shape index (κ2) is 15.7. The van der Waals surface area contributed by atoms with Gasteiger partial charge in [0.15, 0.2) is 16.8 Å². The van der Waals surface area contributed by atoms with Crippen molar-refractivity contribution < 1.29 is 59.5 Å². The number of hydrogen-bond acceptors (Lipinski definition) is 15. The first-order valence-corrected chi connectivity index (χ1v) is 20.3. The van der Waals surface area contributed by atoms with Gasteiger partial charge in [-0.15, -0.1) is 0 Å². The van der Waals surface area contributed by atoms with Crippen molar-refractivity contribution in [3.63, 3.8) is 0 Å². The number of aliphatic imine (C=N–C) groups is 1. The van der Waals surface area contributed by atoms with Crippen LogP contribution in [0.15, 0.2) is 92.9 Å². The number of phenols is 2. The minimum Gasteiger partial charge on any atom is -0.508 e. The summed E-state index contributed by atoms with van der Waals surface area (Å²) < 4.78 is 13.5. The van der Waals surface area contributed by atoms with Gasteiger partial charge in [-0.1, -0.05) is 18.2 Å². The number of aliphatic hydroxyl groups excluding tert-OH is 4. The van der Waals surface area contributed by atoms with Gasteiger partial charge >= 0.3 is 0 Å². The molecule has 8 atom stereocenters. The number of carbonyl (C=O) groups is 1. The van der Waals surface area contributed by atoms with E-state index < -0.39 is 55.3 Å². The van der Waals surface area contributed by atoms with Gasteiger partial charge in [-0.2, -0.15) is 0 Å². The zero-order chi connectivity index (χ0) is 42.8. The van der Waals surface area contributed by atoms with Crippen LogP contribution in [0.1, 0.15) is 36.1 Å². The molecule has 0 saturated carbocycles. The van der Waals surface area contributed by atoms with Crippen LogP contribution in [-0.4, -0.2) is 109 Å². The predicted octanol–water partition coefficient (Wildman–Crippen LogP) is 2.48. The standard InChI is InChI=1S/C45H47N3O13/c1-23-11-35(52)32-12-27-13-37(61-58-22-44(57,43(56)40(55)36(53)21-49)16-25-4-7-34(51)30-6-5-29(50)15-31(25)30)45(9-2-3-24(17-45)28-14-38(54)47-18-28)60-41(27)39(42(32)59-23)48-19-26-8-10-46-33(26)20-48/h2-8,10-12,15,19,24,28,36-37,40,43,49-51,53,55-57H,9,13-14,16-18,20-22H2,1H3,(H,47,54). The number of nitrogens with one attached hydrogen (secondary N) is 1. The molecule has 4 aromatic rings. The molecule has 4 aliphatic heterocycles. The number of phenolic OH excluding ortho intramolecular Hbond substituents is 2. The normalized spacial score (nSPS) is 25.5. The molecule has 9 rings (SSSR count). The lowest BCUT2D eigenvalue weighted by molar-refractivity contribution is -0.373. The van der Waals surface area contributed by atoms with Crippen molar-refractivity contribution in [1.82, 2.24) is 5.32 Å². The summed E-state index contributed by atoms with van der Waals surface area (Å²) in [5, 5.41) is 79.4. The molecule has 61 heavy (non-hydrogen) atoms. The Kier molecular flexibility index (Phi) is 10.5. The average molecular weight is 838 g/mol. The molecule has 1 aliphatic carbocycles. The lowest BCUT2D eigenvalue weighted by Gasteiger charge is -2.48. The number of rotatable bonds is 12. The van der Waals surface area contributed by atoms with Gasteiger partial charge < -0.3 is 55.1 Å². The van der Waals surface area contributed by atoms with Crippen LogP contribution < -0.4 is 20.4 Å². The molecule has 8 N–H and O–H groups in total. The molecule has 8 unspecified atom stereocenters. The number of anilines is 1. The lowest BCUT2D eigenvalue weighted by Crippen LogP contribution is -2.58. The fourth-order valence-corrected chi connectivity index (χ4v) is 9.43. The minimum atomic E-state index is -2.41. The minimum absolute atomic E-state index is 0.0315. The van der Waals surface area contributed by atoms with Gasteiger partial charge in [0.2, 0.25) is 5.91 Å². The highest BCUT2D eigenvalue weighted by Gasteiger charge is 2.52. The Hall–Kier alpha value is -5.59. The van der Waals surface area contributed by atoms with E-state index >= 15 is 0 Å². The molecule has 5 aliphatic rings. The van der Waals surface area contributed by atoms with Crippen LogP contribution in [-0.2, 0) is 27.4 Å². The summed E-state index contributed by atoms with van der Waals surface area (Å²) in [4.78, 5) is 44.7. The number of carbonyl (C=O) groups excluding carboxylic acids is 1. The third-order valence-corrected chi connectivity index (χ3v) is 12.7. The smallest absolute Gasteiger partial charge is 0.220 e. The number of nitrogens with zero attached hydrogens (tertiary/aromatic N) is 2. The van der Waals surface area contributed by atoms with Crippen LogP contribution in [0.4, 0.5) is 5.69 Å². The number of amides is 1. The predicted molar refractivity (Wildman–Crippen MR) is 221 cm³/mol. The molecule has 16 heteroatoms. The van der Waals surface area contributed by atoms with Crippen molar-refractivity contribution in [3.8, 4) is 17.2 Å². The van der Waals surface area contributed by atoms with Gasteiger partial charge in [0.25, 0.3) is 0 Å². The largest absolute Gasteiger partial charge is 0.508 e. The fraction of sp³-hybridized carbons (Fsp3) is 0.400. The van der Waals surface area contributed by atoms with Gasteiger partial charge in [-0.25, -0.2) is 9.78 Å².